The van der Waals surface area contributed by atoms with E-state index in [1.807, 2.05) is 42.6 Å². The number of carbonyl (C=O) groups is 1. The summed E-state index contributed by atoms with van der Waals surface area (Å²) in [5.74, 6) is -0.0295. The number of rotatable bonds is 2. The predicted molar refractivity (Wildman–Crippen MR) is 82.2 cm³/mol. The lowest BCUT2D eigenvalue weighted by atomic mass is 10.0. The van der Waals surface area contributed by atoms with Crippen molar-refractivity contribution in [2.75, 3.05) is 0 Å². The Hall–Kier alpha value is -2.19. The minimum Gasteiger partial charge on any atom is -0.294 e. The summed E-state index contributed by atoms with van der Waals surface area (Å²) in [6.45, 7) is 1.51. The molecule has 0 unspecified atom stereocenters. The predicted octanol–water partition coefficient (Wildman–Crippen LogP) is 4.76. The number of para-hydroxylation sites is 1. The van der Waals surface area contributed by atoms with Gasteiger partial charge >= 0.3 is 0 Å². The summed E-state index contributed by atoms with van der Waals surface area (Å²) in [6.07, 6.45) is 1.82. The zero-order valence-electron chi connectivity index (χ0n) is 10.9. The second kappa shape index (κ2) is 5.06. The highest BCUT2D eigenvalue weighted by atomic mass is 35.5. The maximum Gasteiger partial charge on any atom is 0.161 e. The Morgan fingerprint density at radius 2 is 1.85 bits per heavy atom. The number of hydrogen-bond donors (Lipinski definition) is 0. The molecular formula is C17H12ClNO. The maximum atomic E-state index is 11.4. The first-order valence-corrected chi connectivity index (χ1v) is 6.68. The Balaban J connectivity index is 2.11. The molecule has 0 aliphatic heterocycles. The van der Waals surface area contributed by atoms with Crippen LogP contribution in [0.2, 0.25) is 5.02 Å². The smallest absolute Gasteiger partial charge is 0.161 e. The summed E-state index contributed by atoms with van der Waals surface area (Å²) in [7, 11) is 0. The fourth-order valence-electron chi connectivity index (χ4n) is 2.21. The van der Waals surface area contributed by atoms with Gasteiger partial charge in [0.15, 0.2) is 5.78 Å². The van der Waals surface area contributed by atoms with Gasteiger partial charge in [0, 0.05) is 22.7 Å². The van der Waals surface area contributed by atoms with E-state index in [0.29, 0.717) is 10.6 Å². The van der Waals surface area contributed by atoms with Gasteiger partial charge in [-0.25, -0.2) is 0 Å². The van der Waals surface area contributed by atoms with Crippen LogP contribution in [0.15, 0.2) is 54.7 Å². The third kappa shape index (κ3) is 2.30. The van der Waals surface area contributed by atoms with Gasteiger partial charge in [0.2, 0.25) is 0 Å². The summed E-state index contributed by atoms with van der Waals surface area (Å²) < 4.78 is 0. The van der Waals surface area contributed by atoms with Crippen molar-refractivity contribution < 1.29 is 4.79 Å². The van der Waals surface area contributed by atoms with Crippen LogP contribution in [0, 0.1) is 0 Å². The van der Waals surface area contributed by atoms with E-state index in [1.54, 1.807) is 6.07 Å². The van der Waals surface area contributed by atoms with E-state index in [4.69, 9.17) is 11.6 Å². The Labute approximate surface area is 122 Å². The Bertz CT molecular complexity index is 811. The zero-order valence-corrected chi connectivity index (χ0v) is 11.7. The van der Waals surface area contributed by atoms with Crippen LogP contribution in [0.5, 0.6) is 0 Å². The van der Waals surface area contributed by atoms with Gasteiger partial charge in [-0.05, 0) is 36.8 Å². The molecule has 0 radical (unpaired) electrons. The average molecular weight is 282 g/mol. The van der Waals surface area contributed by atoms with E-state index in [0.717, 1.165) is 22.0 Å². The Morgan fingerprint density at radius 1 is 1.05 bits per heavy atom. The standard InChI is InChI=1S/C17H12ClNO/c1-11(20)15-7-6-12(9-16(15)18)14-8-13-4-2-3-5-17(13)19-10-14/h2-10H,1H3. The molecule has 1 heterocycles. The van der Waals surface area contributed by atoms with E-state index < -0.39 is 0 Å². The van der Waals surface area contributed by atoms with Gasteiger partial charge in [0.1, 0.15) is 0 Å². The molecule has 2 nitrogen and oxygen atoms in total. The monoisotopic (exact) mass is 281 g/mol. The van der Waals surface area contributed by atoms with Crippen LogP contribution in [0.1, 0.15) is 17.3 Å². The highest BCUT2D eigenvalue weighted by Gasteiger charge is 2.08. The number of Topliss-reactive ketones (excluding diaryl/α,β-unsaturated/α-hetero) is 1. The van der Waals surface area contributed by atoms with E-state index in [2.05, 4.69) is 11.1 Å². The molecule has 2 aromatic carbocycles. The van der Waals surface area contributed by atoms with Crippen molar-refractivity contribution in [3.63, 3.8) is 0 Å². The van der Waals surface area contributed by atoms with E-state index in [1.165, 1.54) is 6.92 Å². The molecule has 0 saturated carbocycles. The maximum absolute atomic E-state index is 11.4. The first-order chi connectivity index (χ1) is 9.65. The minimum absolute atomic E-state index is 0.0295. The summed E-state index contributed by atoms with van der Waals surface area (Å²) >= 11 is 6.15. The largest absolute Gasteiger partial charge is 0.294 e. The highest BCUT2D eigenvalue weighted by molar-refractivity contribution is 6.34. The van der Waals surface area contributed by atoms with Crippen molar-refractivity contribution in [1.29, 1.82) is 0 Å². The molecule has 0 spiro atoms. The third-order valence-electron chi connectivity index (χ3n) is 3.27. The van der Waals surface area contributed by atoms with Crippen molar-refractivity contribution in [3.05, 3.63) is 65.3 Å². The van der Waals surface area contributed by atoms with Crippen molar-refractivity contribution in [1.82, 2.24) is 4.98 Å². The number of hydrogen-bond acceptors (Lipinski definition) is 2. The first kappa shape index (κ1) is 12.8. The molecule has 3 rings (SSSR count). The molecular weight excluding hydrogens is 270 g/mol. The van der Waals surface area contributed by atoms with Crippen LogP contribution in [0.3, 0.4) is 0 Å². The molecule has 98 valence electrons. The summed E-state index contributed by atoms with van der Waals surface area (Å²) in [5, 5.41) is 1.56. The molecule has 20 heavy (non-hydrogen) atoms. The molecule has 0 N–H and O–H groups in total. The van der Waals surface area contributed by atoms with Gasteiger partial charge < -0.3 is 0 Å². The first-order valence-electron chi connectivity index (χ1n) is 6.31. The van der Waals surface area contributed by atoms with Gasteiger partial charge in [-0.3, -0.25) is 9.78 Å². The Morgan fingerprint density at radius 3 is 2.60 bits per heavy atom. The average Bonchev–Trinajstić information content (AvgIpc) is 2.46. The molecule has 3 heteroatoms. The molecule has 0 aliphatic rings. The molecule has 0 fully saturated rings. The number of fused-ring (bicyclic) bond motifs is 1. The number of pyridine rings is 1. The van der Waals surface area contributed by atoms with Gasteiger partial charge in [0.05, 0.1) is 10.5 Å². The van der Waals surface area contributed by atoms with Crippen LogP contribution < -0.4 is 0 Å². The van der Waals surface area contributed by atoms with Crippen molar-refractivity contribution in [2.45, 2.75) is 6.92 Å². The third-order valence-corrected chi connectivity index (χ3v) is 3.58. The molecule has 3 aromatic rings. The fraction of sp³-hybridized carbons (Fsp3) is 0.0588. The van der Waals surface area contributed by atoms with Crippen LogP contribution in [-0.2, 0) is 0 Å². The van der Waals surface area contributed by atoms with Crippen molar-refractivity contribution in [2.24, 2.45) is 0 Å². The fourth-order valence-corrected chi connectivity index (χ4v) is 2.52. The lowest BCUT2D eigenvalue weighted by Gasteiger charge is -2.06. The van der Waals surface area contributed by atoms with E-state index >= 15 is 0 Å². The number of aromatic nitrogens is 1. The number of halogens is 1. The van der Waals surface area contributed by atoms with Gasteiger partial charge in [-0.2, -0.15) is 0 Å². The second-order valence-electron chi connectivity index (χ2n) is 4.67. The zero-order chi connectivity index (χ0) is 14.1. The van der Waals surface area contributed by atoms with E-state index in [-0.39, 0.29) is 5.78 Å². The highest BCUT2D eigenvalue weighted by Crippen LogP contribution is 2.27. The Kier molecular flexibility index (Phi) is 3.25. The topological polar surface area (TPSA) is 30.0 Å². The van der Waals surface area contributed by atoms with Gasteiger partial charge in [0.25, 0.3) is 0 Å². The summed E-state index contributed by atoms with van der Waals surface area (Å²) in [4.78, 5) is 15.8. The number of nitrogens with zero attached hydrogens (tertiary/aromatic N) is 1. The van der Waals surface area contributed by atoms with Crippen LogP contribution in [0.4, 0.5) is 0 Å². The SMILES string of the molecule is CC(=O)c1ccc(-c2cnc3ccccc3c2)cc1Cl. The summed E-state index contributed by atoms with van der Waals surface area (Å²) in [5.41, 5.74) is 3.45. The van der Waals surface area contributed by atoms with Gasteiger partial charge in [-0.1, -0.05) is 35.9 Å². The lowest BCUT2D eigenvalue weighted by molar-refractivity contribution is 0.101. The van der Waals surface area contributed by atoms with Crippen molar-refractivity contribution >= 4 is 28.3 Å². The quantitative estimate of drug-likeness (QED) is 0.634. The minimum atomic E-state index is -0.0295. The number of benzene rings is 2. The van der Waals surface area contributed by atoms with Crippen LogP contribution >= 0.6 is 11.6 Å². The normalized spacial score (nSPS) is 10.7. The molecule has 1 aromatic heterocycles. The van der Waals surface area contributed by atoms with Crippen molar-refractivity contribution in [3.8, 4) is 11.1 Å². The molecule has 0 bridgehead atoms. The van der Waals surface area contributed by atoms with E-state index in [9.17, 15) is 4.79 Å². The number of carbonyl (C=O) groups excluding carboxylic acids is 1. The number of ketones is 1. The molecule has 0 amide bonds. The summed E-state index contributed by atoms with van der Waals surface area (Å²) in [6, 6.07) is 15.5. The molecule has 0 aliphatic carbocycles. The molecule has 0 atom stereocenters. The second-order valence-corrected chi connectivity index (χ2v) is 5.07. The van der Waals surface area contributed by atoms with Crippen LogP contribution in [-0.4, -0.2) is 10.8 Å². The van der Waals surface area contributed by atoms with Gasteiger partial charge in [-0.15, -0.1) is 0 Å². The van der Waals surface area contributed by atoms with Crippen LogP contribution in [0.25, 0.3) is 22.0 Å². The molecule has 0 saturated heterocycles. The lowest BCUT2D eigenvalue weighted by Crippen LogP contribution is -1.93.